The number of methoxy groups -OCH3 is 1. The van der Waals surface area contributed by atoms with Crippen LogP contribution in [-0.2, 0) is 16.0 Å². The molecule has 0 saturated carbocycles. The number of hydrogen-bond donors (Lipinski definition) is 1. The Morgan fingerprint density at radius 2 is 2.04 bits per heavy atom. The summed E-state index contributed by atoms with van der Waals surface area (Å²) in [5.74, 6) is 0.830. The number of hydrogen-bond acceptors (Lipinski definition) is 4. The van der Waals surface area contributed by atoms with Crippen molar-refractivity contribution in [1.29, 1.82) is 0 Å². The number of likely N-dealkylation sites (tertiary alicyclic amines) is 1. The van der Waals surface area contributed by atoms with E-state index in [2.05, 4.69) is 19.9 Å². The topological polar surface area (TPSA) is 55.3 Å². The molecule has 0 amide bonds. The molecule has 1 aliphatic heterocycles. The van der Waals surface area contributed by atoms with E-state index in [-0.39, 0.29) is 36.3 Å². The van der Waals surface area contributed by atoms with Crippen LogP contribution in [0, 0.1) is 5.92 Å². The van der Waals surface area contributed by atoms with Gasteiger partial charge in [-0.05, 0) is 12.5 Å². The molecular formula is C18H27F3IN3O3. The average Bonchev–Trinajstić information content (AvgIpc) is 3.08. The van der Waals surface area contributed by atoms with E-state index < -0.39 is 6.36 Å². The van der Waals surface area contributed by atoms with Gasteiger partial charge in [-0.3, -0.25) is 4.99 Å². The van der Waals surface area contributed by atoms with Crippen LogP contribution in [0.5, 0.6) is 5.75 Å². The van der Waals surface area contributed by atoms with Crippen molar-refractivity contribution in [2.24, 2.45) is 10.9 Å². The molecule has 1 saturated heterocycles. The predicted octanol–water partition coefficient (Wildman–Crippen LogP) is 3.26. The first-order valence-electron chi connectivity index (χ1n) is 8.79. The Bertz CT molecular complexity index is 617. The third-order valence-corrected chi connectivity index (χ3v) is 4.22. The quantitative estimate of drug-likeness (QED) is 0.249. The number of alkyl halides is 3. The van der Waals surface area contributed by atoms with Crippen molar-refractivity contribution in [2.75, 3.05) is 47.1 Å². The molecule has 2 rings (SSSR count). The van der Waals surface area contributed by atoms with Crippen LogP contribution in [0.1, 0.15) is 12.0 Å². The molecule has 160 valence electrons. The van der Waals surface area contributed by atoms with Gasteiger partial charge in [-0.1, -0.05) is 18.2 Å². The van der Waals surface area contributed by atoms with Crippen LogP contribution in [0.25, 0.3) is 0 Å². The van der Waals surface area contributed by atoms with Crippen LogP contribution in [0.3, 0.4) is 0 Å². The molecule has 1 fully saturated rings. The summed E-state index contributed by atoms with van der Waals surface area (Å²) in [6, 6.07) is 6.08. The van der Waals surface area contributed by atoms with Crippen LogP contribution >= 0.6 is 24.0 Å². The van der Waals surface area contributed by atoms with E-state index in [1.54, 1.807) is 26.3 Å². The molecule has 1 aromatic rings. The normalized spacial score (nSPS) is 17.4. The van der Waals surface area contributed by atoms with Crippen molar-refractivity contribution in [3.8, 4) is 5.75 Å². The molecule has 1 N–H and O–H groups in total. The van der Waals surface area contributed by atoms with Gasteiger partial charge in [-0.15, -0.1) is 37.1 Å². The molecule has 1 aromatic carbocycles. The molecule has 0 spiro atoms. The van der Waals surface area contributed by atoms with E-state index in [9.17, 15) is 13.2 Å². The van der Waals surface area contributed by atoms with Gasteiger partial charge in [-0.2, -0.15) is 0 Å². The van der Waals surface area contributed by atoms with E-state index in [4.69, 9.17) is 9.47 Å². The lowest BCUT2D eigenvalue weighted by atomic mass is 10.1. The van der Waals surface area contributed by atoms with Crippen LogP contribution in [0.15, 0.2) is 29.3 Å². The Labute approximate surface area is 180 Å². The second-order valence-electron chi connectivity index (χ2n) is 6.22. The number of halogens is 4. The molecule has 1 heterocycles. The zero-order valence-electron chi connectivity index (χ0n) is 16.0. The lowest BCUT2D eigenvalue weighted by molar-refractivity contribution is -0.274. The highest BCUT2D eigenvalue weighted by Gasteiger charge is 2.32. The maximum absolute atomic E-state index is 12.5. The minimum Gasteiger partial charge on any atom is -0.405 e. The Morgan fingerprint density at radius 3 is 2.71 bits per heavy atom. The highest BCUT2D eigenvalue weighted by Crippen LogP contribution is 2.26. The van der Waals surface area contributed by atoms with Crippen LogP contribution in [-0.4, -0.2) is 64.3 Å². The first-order valence-corrected chi connectivity index (χ1v) is 8.79. The molecule has 28 heavy (non-hydrogen) atoms. The summed E-state index contributed by atoms with van der Waals surface area (Å²) >= 11 is 0. The number of para-hydroxylation sites is 1. The molecule has 1 aliphatic rings. The third-order valence-electron chi connectivity index (χ3n) is 4.22. The van der Waals surface area contributed by atoms with Gasteiger partial charge >= 0.3 is 6.36 Å². The largest absolute Gasteiger partial charge is 0.573 e. The van der Waals surface area contributed by atoms with Gasteiger partial charge in [0.1, 0.15) is 5.75 Å². The summed E-state index contributed by atoms with van der Waals surface area (Å²) in [7, 11) is 3.29. The summed E-state index contributed by atoms with van der Waals surface area (Å²) in [5, 5.41) is 3.12. The van der Waals surface area contributed by atoms with Crippen molar-refractivity contribution in [1.82, 2.24) is 10.2 Å². The van der Waals surface area contributed by atoms with Gasteiger partial charge in [0, 0.05) is 45.3 Å². The third kappa shape index (κ3) is 8.39. The molecule has 10 heteroatoms. The van der Waals surface area contributed by atoms with E-state index in [0.29, 0.717) is 37.3 Å². The molecule has 0 aromatic heterocycles. The SMILES string of the molecule is CN=C(NCc1ccccc1OC(F)(F)F)N1CCC(COCCOC)C1.I. The van der Waals surface area contributed by atoms with Crippen LogP contribution in [0.2, 0.25) is 0 Å². The Kier molecular flexibility index (Phi) is 10.9. The van der Waals surface area contributed by atoms with Crippen LogP contribution < -0.4 is 10.1 Å². The lowest BCUT2D eigenvalue weighted by Gasteiger charge is -2.22. The molecular weight excluding hydrogens is 490 g/mol. The van der Waals surface area contributed by atoms with Crippen molar-refractivity contribution in [3.63, 3.8) is 0 Å². The Balaban J connectivity index is 0.00000392. The summed E-state index contributed by atoms with van der Waals surface area (Å²) in [6.07, 6.45) is -3.75. The maximum atomic E-state index is 12.5. The van der Waals surface area contributed by atoms with Crippen LogP contribution in [0.4, 0.5) is 13.2 Å². The van der Waals surface area contributed by atoms with Gasteiger partial charge in [-0.25, -0.2) is 0 Å². The second-order valence-corrected chi connectivity index (χ2v) is 6.22. The second kappa shape index (κ2) is 12.3. The standard InChI is InChI=1S/C18H26F3N3O3.HI/c1-22-17(24-8-7-14(12-24)13-26-10-9-25-2)23-11-15-5-3-4-6-16(15)27-18(19,20)21;/h3-6,14H,7-13H2,1-2H3,(H,22,23);1H. The van der Waals surface area contributed by atoms with Gasteiger partial charge in [0.05, 0.1) is 19.8 Å². The molecule has 0 bridgehead atoms. The zero-order valence-corrected chi connectivity index (χ0v) is 18.3. The minimum atomic E-state index is -4.72. The van der Waals surface area contributed by atoms with Crippen molar-refractivity contribution >= 4 is 29.9 Å². The van der Waals surface area contributed by atoms with Gasteiger partial charge < -0.3 is 24.4 Å². The Hall–Kier alpha value is -1.27. The number of aliphatic imine (C=N–C) groups is 1. The zero-order chi connectivity index (χ0) is 19.7. The predicted molar refractivity (Wildman–Crippen MR) is 111 cm³/mol. The maximum Gasteiger partial charge on any atom is 0.573 e. The highest BCUT2D eigenvalue weighted by molar-refractivity contribution is 14.0. The number of rotatable bonds is 8. The monoisotopic (exact) mass is 517 g/mol. The summed E-state index contributed by atoms with van der Waals surface area (Å²) in [6.45, 7) is 3.57. The smallest absolute Gasteiger partial charge is 0.405 e. The average molecular weight is 517 g/mol. The fourth-order valence-electron chi connectivity index (χ4n) is 2.93. The highest BCUT2D eigenvalue weighted by atomic mass is 127. The fraction of sp³-hybridized carbons (Fsp3) is 0.611. The summed E-state index contributed by atoms with van der Waals surface area (Å²) in [4.78, 5) is 6.32. The first kappa shape index (κ1) is 24.8. The molecule has 1 unspecified atom stereocenters. The molecule has 1 atom stereocenters. The van der Waals surface area contributed by atoms with Gasteiger partial charge in [0.2, 0.25) is 0 Å². The van der Waals surface area contributed by atoms with Gasteiger partial charge in [0.15, 0.2) is 5.96 Å². The van der Waals surface area contributed by atoms with E-state index in [1.807, 2.05) is 0 Å². The number of ether oxygens (including phenoxy) is 3. The fourth-order valence-corrected chi connectivity index (χ4v) is 2.93. The number of nitrogens with zero attached hydrogens (tertiary/aromatic N) is 2. The van der Waals surface area contributed by atoms with E-state index in [0.717, 1.165) is 19.5 Å². The molecule has 0 radical (unpaired) electrons. The van der Waals surface area contributed by atoms with Crippen molar-refractivity contribution < 1.29 is 27.4 Å². The number of benzene rings is 1. The summed E-state index contributed by atoms with van der Waals surface area (Å²) in [5.41, 5.74) is 0.412. The van der Waals surface area contributed by atoms with E-state index >= 15 is 0 Å². The Morgan fingerprint density at radius 1 is 1.29 bits per heavy atom. The minimum absolute atomic E-state index is 0. The molecule has 0 aliphatic carbocycles. The van der Waals surface area contributed by atoms with Gasteiger partial charge in [0.25, 0.3) is 0 Å². The number of nitrogens with one attached hydrogen (secondary N) is 1. The number of guanidine groups is 1. The van der Waals surface area contributed by atoms with Crippen molar-refractivity contribution in [3.05, 3.63) is 29.8 Å². The van der Waals surface area contributed by atoms with E-state index in [1.165, 1.54) is 12.1 Å². The summed E-state index contributed by atoms with van der Waals surface area (Å²) < 4.78 is 52.2. The van der Waals surface area contributed by atoms with Crippen molar-refractivity contribution in [2.45, 2.75) is 19.3 Å². The molecule has 6 nitrogen and oxygen atoms in total. The lowest BCUT2D eigenvalue weighted by Crippen LogP contribution is -2.40. The first-order chi connectivity index (χ1) is 12.9.